The number of benzene rings is 3. The third kappa shape index (κ3) is 6.52. The monoisotopic (exact) mass is 496 g/mol. The first-order valence-corrected chi connectivity index (χ1v) is 10.6. The molecule has 1 N–H and O–H groups in total. The molecule has 9 nitrogen and oxygen atoms in total. The Hall–Kier alpha value is -4.49. The molecule has 11 heteroatoms. The number of rotatable bonds is 9. The molecule has 0 saturated heterocycles. The van der Waals surface area contributed by atoms with Crippen molar-refractivity contribution in [3.63, 3.8) is 0 Å². The lowest BCUT2D eigenvalue weighted by Gasteiger charge is -2.14. The number of hydrogen-bond acceptors (Lipinski definition) is 7. The van der Waals surface area contributed by atoms with E-state index in [1.54, 1.807) is 31.2 Å². The van der Waals surface area contributed by atoms with Crippen molar-refractivity contribution in [2.45, 2.75) is 13.5 Å². The fraction of sp³-hybridized carbons (Fsp3) is 0.125. The number of nitrogens with zero attached hydrogens (tertiary/aromatic N) is 3. The molecule has 0 aliphatic heterocycles. The van der Waals surface area contributed by atoms with Crippen LogP contribution in [-0.4, -0.2) is 23.7 Å². The van der Waals surface area contributed by atoms with Crippen molar-refractivity contribution in [1.29, 1.82) is 5.26 Å². The molecule has 0 heterocycles. The van der Waals surface area contributed by atoms with Gasteiger partial charge in [0.2, 0.25) is 0 Å². The lowest BCUT2D eigenvalue weighted by Crippen LogP contribution is -2.19. The molecule has 0 radical (unpaired) electrons. The zero-order chi connectivity index (χ0) is 25.4. The van der Waals surface area contributed by atoms with Crippen LogP contribution in [0.2, 0.25) is 5.02 Å². The van der Waals surface area contributed by atoms with Crippen molar-refractivity contribution in [3.05, 3.63) is 97.8 Å². The highest BCUT2D eigenvalue weighted by Gasteiger charge is 2.15. The van der Waals surface area contributed by atoms with E-state index < -0.39 is 16.6 Å². The molecule has 1 amide bonds. The molecule has 178 valence electrons. The number of amides is 1. The van der Waals surface area contributed by atoms with Gasteiger partial charge in [0, 0.05) is 12.1 Å². The van der Waals surface area contributed by atoms with E-state index in [-0.39, 0.29) is 34.2 Å². The van der Waals surface area contributed by atoms with Gasteiger partial charge in [-0.1, -0.05) is 23.7 Å². The van der Waals surface area contributed by atoms with Gasteiger partial charge in [0.1, 0.15) is 12.4 Å². The SMILES string of the molecule is CCOc1cc(/C=N/NC(=O)c2ccc(C#N)cc2F)cc(Cl)c1OCc1cccc([N+](=O)[O-])c1. The van der Waals surface area contributed by atoms with Crippen LogP contribution in [0.3, 0.4) is 0 Å². The summed E-state index contributed by atoms with van der Waals surface area (Å²) in [5.74, 6) is -1.10. The zero-order valence-electron chi connectivity index (χ0n) is 18.3. The van der Waals surface area contributed by atoms with Gasteiger partial charge in [0.05, 0.1) is 40.0 Å². The number of carbonyl (C=O) groups excluding carboxylic acids is 1. The standard InChI is InChI=1S/C24H18ClFN4O5/c1-2-34-22-11-17(13-28-29-24(31)19-7-6-15(12-27)10-21(19)26)9-20(25)23(22)35-14-16-4-3-5-18(8-16)30(32)33/h3-11,13H,2,14H2,1H3,(H,29,31)/b28-13+. The Kier molecular flexibility index (Phi) is 8.32. The molecule has 0 aromatic heterocycles. The first-order chi connectivity index (χ1) is 16.8. The van der Waals surface area contributed by atoms with Gasteiger partial charge >= 0.3 is 0 Å². The molecule has 3 aromatic carbocycles. The Morgan fingerprint density at radius 2 is 2.06 bits per heavy atom. The molecular weight excluding hydrogens is 479 g/mol. The van der Waals surface area contributed by atoms with E-state index >= 15 is 0 Å². The molecule has 0 aliphatic rings. The molecule has 0 aliphatic carbocycles. The average Bonchev–Trinajstić information content (AvgIpc) is 2.83. The van der Waals surface area contributed by atoms with Crippen LogP contribution in [0.4, 0.5) is 10.1 Å². The number of hydrogen-bond donors (Lipinski definition) is 1. The molecule has 0 spiro atoms. The Labute approximate surface area is 204 Å². The summed E-state index contributed by atoms with van der Waals surface area (Å²) in [4.78, 5) is 22.6. The summed E-state index contributed by atoms with van der Waals surface area (Å²) in [6, 6.07) is 14.4. The second-order valence-corrected chi connectivity index (χ2v) is 7.39. The molecule has 0 atom stereocenters. The van der Waals surface area contributed by atoms with Crippen LogP contribution in [0.15, 0.2) is 59.7 Å². The number of ether oxygens (including phenoxy) is 2. The number of nitro groups is 1. The number of nitriles is 1. The number of halogens is 2. The Bertz CT molecular complexity index is 1340. The van der Waals surface area contributed by atoms with Gasteiger partial charge in [-0.25, -0.2) is 9.82 Å². The largest absolute Gasteiger partial charge is 0.490 e. The van der Waals surface area contributed by atoms with Crippen LogP contribution in [0, 0.1) is 27.3 Å². The molecule has 0 fully saturated rings. The number of non-ortho nitro benzene ring substituents is 1. The van der Waals surface area contributed by atoms with Crippen LogP contribution < -0.4 is 14.9 Å². The highest BCUT2D eigenvalue weighted by Crippen LogP contribution is 2.37. The maximum Gasteiger partial charge on any atom is 0.274 e. The maximum atomic E-state index is 14.0. The van der Waals surface area contributed by atoms with Crippen LogP contribution in [0.25, 0.3) is 0 Å². The normalized spacial score (nSPS) is 10.6. The fourth-order valence-corrected chi connectivity index (χ4v) is 3.25. The van der Waals surface area contributed by atoms with E-state index in [9.17, 15) is 19.3 Å². The van der Waals surface area contributed by atoms with Crippen LogP contribution >= 0.6 is 11.6 Å². The van der Waals surface area contributed by atoms with Crippen LogP contribution in [0.1, 0.15) is 34.0 Å². The number of nitro benzene ring substituents is 1. The minimum absolute atomic E-state index is 0.0150. The van der Waals surface area contributed by atoms with E-state index in [2.05, 4.69) is 10.5 Å². The van der Waals surface area contributed by atoms with Crippen molar-refractivity contribution in [2.75, 3.05) is 6.61 Å². The number of hydrazone groups is 1. The molecule has 0 bridgehead atoms. The summed E-state index contributed by atoms with van der Waals surface area (Å²) in [5.41, 5.74) is 3.01. The van der Waals surface area contributed by atoms with E-state index in [1.165, 1.54) is 36.5 Å². The summed E-state index contributed by atoms with van der Waals surface area (Å²) in [6.45, 7) is 2.09. The Morgan fingerprint density at radius 3 is 2.74 bits per heavy atom. The predicted molar refractivity (Wildman–Crippen MR) is 126 cm³/mol. The minimum atomic E-state index is -0.844. The first kappa shape index (κ1) is 25.1. The highest BCUT2D eigenvalue weighted by molar-refractivity contribution is 6.32. The molecule has 3 aromatic rings. The first-order valence-electron chi connectivity index (χ1n) is 10.2. The summed E-state index contributed by atoms with van der Waals surface area (Å²) >= 11 is 6.37. The van der Waals surface area contributed by atoms with Gasteiger partial charge in [-0.15, -0.1) is 0 Å². The zero-order valence-corrected chi connectivity index (χ0v) is 19.1. The van der Waals surface area contributed by atoms with Crippen molar-refractivity contribution < 1.29 is 23.6 Å². The van der Waals surface area contributed by atoms with Crippen molar-refractivity contribution in [3.8, 4) is 17.6 Å². The lowest BCUT2D eigenvalue weighted by atomic mass is 10.1. The number of carbonyl (C=O) groups is 1. The molecule has 3 rings (SSSR count). The summed E-state index contributed by atoms with van der Waals surface area (Å²) in [6.07, 6.45) is 1.29. The van der Waals surface area contributed by atoms with E-state index in [4.69, 9.17) is 26.3 Å². The predicted octanol–water partition coefficient (Wildman–Crippen LogP) is 5.00. The van der Waals surface area contributed by atoms with Gasteiger partial charge in [-0.3, -0.25) is 14.9 Å². The fourth-order valence-electron chi connectivity index (χ4n) is 2.98. The Balaban J connectivity index is 1.74. The summed E-state index contributed by atoms with van der Waals surface area (Å²) in [5, 5.41) is 23.8. The summed E-state index contributed by atoms with van der Waals surface area (Å²) < 4.78 is 25.4. The highest BCUT2D eigenvalue weighted by atomic mass is 35.5. The van der Waals surface area contributed by atoms with Gasteiger partial charge in [0.15, 0.2) is 11.5 Å². The van der Waals surface area contributed by atoms with Gasteiger partial charge in [-0.2, -0.15) is 10.4 Å². The average molecular weight is 497 g/mol. The smallest absolute Gasteiger partial charge is 0.274 e. The minimum Gasteiger partial charge on any atom is -0.490 e. The molecule has 35 heavy (non-hydrogen) atoms. The second kappa shape index (κ2) is 11.6. The van der Waals surface area contributed by atoms with Crippen molar-refractivity contribution >= 4 is 29.4 Å². The number of nitrogens with one attached hydrogen (secondary N) is 1. The van der Waals surface area contributed by atoms with Crippen molar-refractivity contribution in [1.82, 2.24) is 5.43 Å². The Morgan fingerprint density at radius 1 is 1.26 bits per heavy atom. The maximum absolute atomic E-state index is 14.0. The van der Waals surface area contributed by atoms with Gasteiger partial charge in [-0.05, 0) is 48.4 Å². The van der Waals surface area contributed by atoms with Crippen molar-refractivity contribution in [2.24, 2.45) is 5.10 Å². The molecule has 0 unspecified atom stereocenters. The topological polar surface area (TPSA) is 127 Å². The second-order valence-electron chi connectivity index (χ2n) is 6.98. The van der Waals surface area contributed by atoms with Gasteiger partial charge < -0.3 is 9.47 Å². The van der Waals surface area contributed by atoms with E-state index in [0.29, 0.717) is 23.5 Å². The molecule has 0 saturated carbocycles. The van der Waals surface area contributed by atoms with E-state index in [1.807, 2.05) is 0 Å². The van der Waals surface area contributed by atoms with E-state index in [0.717, 1.165) is 6.07 Å². The third-order valence-corrected chi connectivity index (χ3v) is 4.84. The summed E-state index contributed by atoms with van der Waals surface area (Å²) in [7, 11) is 0. The van der Waals surface area contributed by atoms with Crippen LogP contribution in [0.5, 0.6) is 11.5 Å². The quantitative estimate of drug-likeness (QED) is 0.252. The molecular formula is C24H18ClFN4O5. The lowest BCUT2D eigenvalue weighted by molar-refractivity contribution is -0.384. The van der Waals surface area contributed by atoms with Gasteiger partial charge in [0.25, 0.3) is 11.6 Å². The van der Waals surface area contributed by atoms with Crippen LogP contribution in [-0.2, 0) is 6.61 Å². The third-order valence-electron chi connectivity index (χ3n) is 4.56.